The number of ether oxygens (including phenoxy) is 1. The summed E-state index contributed by atoms with van der Waals surface area (Å²) in [4.78, 5) is 12.3. The molecule has 0 aliphatic carbocycles. The third-order valence-corrected chi connectivity index (χ3v) is 3.70. The van der Waals surface area contributed by atoms with E-state index in [1.165, 1.54) is 7.11 Å². The van der Waals surface area contributed by atoms with Crippen LogP contribution in [0.5, 0.6) is 0 Å². The Kier molecular flexibility index (Phi) is 4.16. The zero-order valence-corrected chi connectivity index (χ0v) is 11.6. The minimum absolute atomic E-state index is 0.218. The van der Waals surface area contributed by atoms with Crippen LogP contribution in [0, 0.1) is 6.92 Å². The number of thioether (sulfide) groups is 1. The Hall–Kier alpha value is -1.88. The molecule has 1 aromatic carbocycles. The molecule has 0 unspecified atom stereocenters. The van der Waals surface area contributed by atoms with Crippen molar-refractivity contribution in [1.82, 2.24) is 0 Å². The largest absolute Gasteiger partial charge is 0.463 e. The molecule has 0 radical (unpaired) electrons. The Morgan fingerprint density at radius 3 is 2.84 bits per heavy atom. The number of rotatable bonds is 4. The first-order chi connectivity index (χ1) is 9.10. The van der Waals surface area contributed by atoms with Gasteiger partial charge in [0.2, 0.25) is 5.76 Å². The van der Waals surface area contributed by atoms with E-state index >= 15 is 0 Å². The van der Waals surface area contributed by atoms with Crippen LogP contribution in [0.25, 0.3) is 0 Å². The monoisotopic (exact) mass is 277 g/mol. The van der Waals surface area contributed by atoms with E-state index in [2.05, 4.69) is 4.74 Å². The smallest absolute Gasteiger partial charge is 0.373 e. The summed E-state index contributed by atoms with van der Waals surface area (Å²) in [5.41, 5.74) is 7.82. The van der Waals surface area contributed by atoms with Crippen LogP contribution in [0.4, 0.5) is 5.69 Å². The van der Waals surface area contributed by atoms with Gasteiger partial charge in [-0.15, -0.1) is 11.8 Å². The maximum atomic E-state index is 11.2. The Bertz CT molecular complexity index is 592. The van der Waals surface area contributed by atoms with Crippen molar-refractivity contribution < 1.29 is 13.9 Å². The van der Waals surface area contributed by atoms with Crippen LogP contribution >= 0.6 is 11.8 Å². The van der Waals surface area contributed by atoms with Crippen molar-refractivity contribution in [3.05, 3.63) is 47.4 Å². The van der Waals surface area contributed by atoms with E-state index < -0.39 is 5.97 Å². The number of carbonyl (C=O) groups is 1. The van der Waals surface area contributed by atoms with E-state index in [0.29, 0.717) is 11.5 Å². The van der Waals surface area contributed by atoms with Crippen molar-refractivity contribution in [2.24, 2.45) is 0 Å². The molecule has 19 heavy (non-hydrogen) atoms. The molecule has 2 N–H and O–H groups in total. The van der Waals surface area contributed by atoms with Gasteiger partial charge >= 0.3 is 5.97 Å². The van der Waals surface area contributed by atoms with Crippen molar-refractivity contribution in [2.45, 2.75) is 17.6 Å². The van der Waals surface area contributed by atoms with Crippen molar-refractivity contribution in [3.63, 3.8) is 0 Å². The number of methoxy groups -OCH3 is 1. The van der Waals surface area contributed by atoms with E-state index in [4.69, 9.17) is 10.2 Å². The fourth-order valence-electron chi connectivity index (χ4n) is 1.61. The van der Waals surface area contributed by atoms with Crippen LogP contribution in [-0.4, -0.2) is 13.1 Å². The van der Waals surface area contributed by atoms with Gasteiger partial charge in [-0.25, -0.2) is 4.79 Å². The number of esters is 1. The van der Waals surface area contributed by atoms with Crippen LogP contribution in [0.15, 0.2) is 39.6 Å². The van der Waals surface area contributed by atoms with Gasteiger partial charge < -0.3 is 14.9 Å². The highest BCUT2D eigenvalue weighted by atomic mass is 32.2. The highest BCUT2D eigenvalue weighted by Gasteiger charge is 2.11. The number of furan rings is 1. The second-order valence-electron chi connectivity index (χ2n) is 4.09. The van der Waals surface area contributed by atoms with E-state index in [-0.39, 0.29) is 5.76 Å². The van der Waals surface area contributed by atoms with Crippen molar-refractivity contribution >= 4 is 23.4 Å². The molecule has 2 aromatic rings. The van der Waals surface area contributed by atoms with Gasteiger partial charge in [-0.1, -0.05) is 6.07 Å². The van der Waals surface area contributed by atoms with E-state index in [0.717, 1.165) is 16.1 Å². The van der Waals surface area contributed by atoms with Crippen molar-refractivity contribution in [2.75, 3.05) is 12.8 Å². The fourth-order valence-corrected chi connectivity index (χ4v) is 2.46. The molecule has 0 aliphatic heterocycles. The molecule has 5 heteroatoms. The predicted molar refractivity (Wildman–Crippen MR) is 75.2 cm³/mol. The van der Waals surface area contributed by atoms with Gasteiger partial charge in [0.05, 0.1) is 12.9 Å². The molecule has 1 aromatic heterocycles. The molecular weight excluding hydrogens is 262 g/mol. The summed E-state index contributed by atoms with van der Waals surface area (Å²) in [6.45, 7) is 2.00. The molecule has 0 saturated carbocycles. The third kappa shape index (κ3) is 3.32. The van der Waals surface area contributed by atoms with Crippen molar-refractivity contribution in [1.29, 1.82) is 0 Å². The van der Waals surface area contributed by atoms with E-state index in [1.807, 2.05) is 25.1 Å². The fraction of sp³-hybridized carbons (Fsp3) is 0.214. The van der Waals surface area contributed by atoms with Gasteiger partial charge in [0.15, 0.2) is 0 Å². The lowest BCUT2D eigenvalue weighted by molar-refractivity contribution is 0.0563. The van der Waals surface area contributed by atoms with Crippen LogP contribution in [0.3, 0.4) is 0 Å². The first-order valence-electron chi connectivity index (χ1n) is 5.76. The van der Waals surface area contributed by atoms with E-state index in [9.17, 15) is 4.79 Å². The highest BCUT2D eigenvalue weighted by molar-refractivity contribution is 7.98. The number of benzene rings is 1. The van der Waals surface area contributed by atoms with Gasteiger partial charge in [0.25, 0.3) is 0 Å². The number of carbonyl (C=O) groups excluding carboxylic acids is 1. The van der Waals surface area contributed by atoms with Gasteiger partial charge in [0, 0.05) is 10.6 Å². The van der Waals surface area contributed by atoms with Crippen LogP contribution in [0.2, 0.25) is 0 Å². The second kappa shape index (κ2) is 5.84. The lowest BCUT2D eigenvalue weighted by atomic mass is 10.2. The molecule has 0 amide bonds. The summed E-state index contributed by atoms with van der Waals surface area (Å²) >= 11 is 1.57. The zero-order valence-electron chi connectivity index (χ0n) is 10.8. The molecule has 2 rings (SSSR count). The third-order valence-electron chi connectivity index (χ3n) is 2.58. The molecule has 100 valence electrons. The number of nitrogen functional groups attached to an aromatic ring is 1. The quantitative estimate of drug-likeness (QED) is 0.528. The van der Waals surface area contributed by atoms with Crippen LogP contribution in [0.1, 0.15) is 21.9 Å². The molecular formula is C14H15NO3S. The minimum Gasteiger partial charge on any atom is -0.463 e. The summed E-state index contributed by atoms with van der Waals surface area (Å²) in [6, 6.07) is 9.31. The number of aryl methyl sites for hydroxylation is 1. The first kappa shape index (κ1) is 13.5. The molecule has 0 aliphatic rings. The summed E-state index contributed by atoms with van der Waals surface area (Å²) < 4.78 is 9.97. The molecule has 0 atom stereocenters. The Labute approximate surface area is 115 Å². The topological polar surface area (TPSA) is 65.5 Å². The first-order valence-corrected chi connectivity index (χ1v) is 6.74. The van der Waals surface area contributed by atoms with Crippen LogP contribution in [-0.2, 0) is 10.5 Å². The maximum Gasteiger partial charge on any atom is 0.373 e. The number of anilines is 1. The molecule has 1 heterocycles. The maximum absolute atomic E-state index is 11.2. The second-order valence-corrected chi connectivity index (χ2v) is 5.10. The molecule has 0 spiro atoms. The highest BCUT2D eigenvalue weighted by Crippen LogP contribution is 2.29. The number of hydrogen-bond donors (Lipinski definition) is 1. The van der Waals surface area contributed by atoms with Crippen molar-refractivity contribution in [3.8, 4) is 0 Å². The Morgan fingerprint density at radius 1 is 1.37 bits per heavy atom. The standard InChI is InChI=1S/C14H15NO3S/c1-9-3-6-13(11(15)7-9)19-8-10-4-5-12(18-10)14(16)17-2/h3-7H,8,15H2,1-2H3. The molecule has 0 saturated heterocycles. The molecule has 0 fully saturated rings. The Morgan fingerprint density at radius 2 is 2.16 bits per heavy atom. The van der Waals surface area contributed by atoms with Gasteiger partial charge in [-0.2, -0.15) is 0 Å². The number of nitrogens with two attached hydrogens (primary N) is 1. The number of hydrogen-bond acceptors (Lipinski definition) is 5. The van der Waals surface area contributed by atoms with Gasteiger partial charge in [-0.3, -0.25) is 0 Å². The summed E-state index contributed by atoms with van der Waals surface area (Å²) in [6.07, 6.45) is 0. The van der Waals surface area contributed by atoms with E-state index in [1.54, 1.807) is 23.9 Å². The average molecular weight is 277 g/mol. The SMILES string of the molecule is COC(=O)c1ccc(CSc2ccc(C)cc2N)o1. The molecule has 4 nitrogen and oxygen atoms in total. The lowest BCUT2D eigenvalue weighted by Gasteiger charge is -2.05. The predicted octanol–water partition coefficient (Wildman–Crippen LogP) is 3.25. The lowest BCUT2D eigenvalue weighted by Crippen LogP contribution is -1.98. The Balaban J connectivity index is 2.02. The summed E-state index contributed by atoms with van der Waals surface area (Å²) in [5.74, 6) is 1.08. The minimum atomic E-state index is -0.467. The summed E-state index contributed by atoms with van der Waals surface area (Å²) in [5, 5.41) is 0. The average Bonchev–Trinajstić information content (AvgIpc) is 2.85. The normalized spacial score (nSPS) is 10.4. The van der Waals surface area contributed by atoms with Gasteiger partial charge in [0.1, 0.15) is 5.76 Å². The van der Waals surface area contributed by atoms with Crippen LogP contribution < -0.4 is 5.73 Å². The summed E-state index contributed by atoms with van der Waals surface area (Å²) in [7, 11) is 1.33. The van der Waals surface area contributed by atoms with Gasteiger partial charge in [-0.05, 0) is 36.8 Å². The molecule has 0 bridgehead atoms. The zero-order chi connectivity index (χ0) is 13.8.